The maximum Gasteiger partial charge on any atom is 0.344 e. The summed E-state index contributed by atoms with van der Waals surface area (Å²) in [5.41, 5.74) is 9.21. The summed E-state index contributed by atoms with van der Waals surface area (Å²) in [4.78, 5) is 27.1. The molecule has 226 valence electrons. The van der Waals surface area contributed by atoms with Gasteiger partial charge in [0.05, 0.1) is 11.1 Å². The van der Waals surface area contributed by atoms with Crippen molar-refractivity contribution in [2.24, 2.45) is 0 Å². The Balaban J connectivity index is 1.26. The van der Waals surface area contributed by atoms with Crippen molar-refractivity contribution in [1.82, 2.24) is 0 Å². The molecule has 4 heteroatoms. The Labute approximate surface area is 270 Å². The quantitative estimate of drug-likeness (QED) is 0.144. The van der Waals surface area contributed by atoms with Gasteiger partial charge in [-0.1, -0.05) is 98.8 Å². The molecule has 0 fully saturated rings. The second-order valence-electron chi connectivity index (χ2n) is 13.2. The van der Waals surface area contributed by atoms with E-state index in [-0.39, 0.29) is 16.7 Å². The normalized spacial score (nSPS) is 13.4. The molecule has 0 saturated carbocycles. The number of aryl methyl sites for hydroxylation is 2. The van der Waals surface area contributed by atoms with Gasteiger partial charge < -0.3 is 8.83 Å². The highest BCUT2D eigenvalue weighted by Gasteiger charge is 2.36. The molecule has 2 heterocycles. The van der Waals surface area contributed by atoms with Gasteiger partial charge in [-0.15, -0.1) is 0 Å². The molecule has 8 aromatic rings. The molecule has 4 nitrogen and oxygen atoms in total. The minimum Gasteiger partial charge on any atom is -0.422 e. The minimum absolute atomic E-state index is 0.264. The number of fused-ring (bicyclic) bond motifs is 9. The van der Waals surface area contributed by atoms with Crippen molar-refractivity contribution in [2.45, 2.75) is 33.1 Å². The van der Waals surface area contributed by atoms with Gasteiger partial charge in [0.25, 0.3) is 0 Å². The Morgan fingerprint density at radius 1 is 0.511 bits per heavy atom. The number of rotatable bonds is 2. The molecule has 1 aliphatic carbocycles. The highest BCUT2D eigenvalue weighted by Crippen LogP contribution is 2.51. The molecule has 0 spiro atoms. The topological polar surface area (TPSA) is 60.4 Å². The van der Waals surface area contributed by atoms with Gasteiger partial charge in [0.2, 0.25) is 0 Å². The van der Waals surface area contributed by atoms with E-state index in [9.17, 15) is 9.59 Å². The Bertz CT molecular complexity index is 2590. The fourth-order valence-electron chi connectivity index (χ4n) is 8.05. The fourth-order valence-corrected chi connectivity index (χ4v) is 8.05. The van der Waals surface area contributed by atoms with Crippen LogP contribution >= 0.6 is 0 Å². The second kappa shape index (κ2) is 9.63. The zero-order valence-electron chi connectivity index (χ0n) is 26.5. The predicted octanol–water partition coefficient (Wildman–Crippen LogP) is 10.5. The van der Waals surface area contributed by atoms with E-state index < -0.39 is 0 Å². The second-order valence-corrected chi connectivity index (χ2v) is 13.2. The number of hydrogen-bond donors (Lipinski definition) is 0. The lowest BCUT2D eigenvalue weighted by Crippen LogP contribution is -2.15. The van der Waals surface area contributed by atoms with E-state index in [1.807, 2.05) is 74.5 Å². The average Bonchev–Trinajstić information content (AvgIpc) is 3.29. The van der Waals surface area contributed by atoms with Gasteiger partial charge in [-0.05, 0) is 104 Å². The van der Waals surface area contributed by atoms with Crippen LogP contribution < -0.4 is 11.3 Å². The Morgan fingerprint density at radius 3 is 1.38 bits per heavy atom. The lowest BCUT2D eigenvalue weighted by atomic mass is 9.81. The molecule has 47 heavy (non-hydrogen) atoms. The standard InChI is InChI=1S/C43H30O4/c1-23-37(41(44)46-35-19-15-25-9-5-7-11-29(25)39(23)35)27-13-17-33-31(21-27)32-22-28(14-18-34(32)43(33,3)4)38-24(2)40-30-12-8-6-10-26(30)16-20-36(40)47-42(38)45/h5-22H,1-4H3. The van der Waals surface area contributed by atoms with Crippen molar-refractivity contribution in [3.05, 3.63) is 152 Å². The molecule has 0 bridgehead atoms. The molecule has 0 radical (unpaired) electrons. The third kappa shape index (κ3) is 3.82. The fraction of sp³-hybridized carbons (Fsp3) is 0.116. The van der Waals surface area contributed by atoms with Crippen molar-refractivity contribution >= 4 is 43.5 Å². The molecular weight excluding hydrogens is 580 g/mol. The lowest BCUT2D eigenvalue weighted by Gasteiger charge is -2.21. The smallest absolute Gasteiger partial charge is 0.344 e. The van der Waals surface area contributed by atoms with E-state index in [1.165, 1.54) is 11.1 Å². The van der Waals surface area contributed by atoms with Crippen molar-refractivity contribution in [3.63, 3.8) is 0 Å². The summed E-state index contributed by atoms with van der Waals surface area (Å²) in [6.07, 6.45) is 0. The van der Waals surface area contributed by atoms with Gasteiger partial charge in [-0.2, -0.15) is 0 Å². The average molecular weight is 611 g/mol. The van der Waals surface area contributed by atoms with E-state index in [2.05, 4.69) is 62.4 Å². The molecule has 6 aromatic carbocycles. The first-order valence-electron chi connectivity index (χ1n) is 15.9. The molecule has 0 amide bonds. The van der Waals surface area contributed by atoms with E-state index in [4.69, 9.17) is 8.83 Å². The van der Waals surface area contributed by atoms with Crippen LogP contribution in [0.2, 0.25) is 0 Å². The van der Waals surface area contributed by atoms with Crippen LogP contribution in [0.15, 0.2) is 128 Å². The third-order valence-corrected chi connectivity index (χ3v) is 10.3. The SMILES string of the molecule is Cc1c(-c2ccc3c(c2)-c2cc(-c4c(C)c5c(ccc6ccccc65)oc4=O)ccc2C3(C)C)c(=O)oc2ccc3ccccc3c12. The highest BCUT2D eigenvalue weighted by molar-refractivity contribution is 6.10. The van der Waals surface area contributed by atoms with E-state index in [0.29, 0.717) is 22.3 Å². The summed E-state index contributed by atoms with van der Waals surface area (Å²) in [6.45, 7) is 8.46. The summed E-state index contributed by atoms with van der Waals surface area (Å²) in [6, 6.07) is 36.7. The van der Waals surface area contributed by atoms with Gasteiger partial charge in [0.1, 0.15) is 11.2 Å². The van der Waals surface area contributed by atoms with Crippen LogP contribution in [0.25, 0.3) is 76.9 Å². The maximum absolute atomic E-state index is 13.6. The number of benzene rings is 6. The monoisotopic (exact) mass is 610 g/mol. The van der Waals surface area contributed by atoms with Gasteiger partial charge in [-0.3, -0.25) is 0 Å². The van der Waals surface area contributed by atoms with Crippen LogP contribution in [-0.2, 0) is 5.41 Å². The Kier molecular flexibility index (Phi) is 5.65. The summed E-state index contributed by atoms with van der Waals surface area (Å²) < 4.78 is 11.9. The van der Waals surface area contributed by atoms with E-state index in [1.54, 1.807) is 0 Å². The van der Waals surface area contributed by atoms with Gasteiger partial charge >= 0.3 is 11.3 Å². The van der Waals surface area contributed by atoms with Crippen LogP contribution in [0, 0.1) is 13.8 Å². The Hall–Kier alpha value is -5.74. The van der Waals surface area contributed by atoms with Crippen molar-refractivity contribution < 1.29 is 8.83 Å². The first-order valence-corrected chi connectivity index (χ1v) is 15.9. The van der Waals surface area contributed by atoms with Gasteiger partial charge in [0.15, 0.2) is 0 Å². The zero-order chi connectivity index (χ0) is 32.2. The molecule has 2 aromatic heterocycles. The van der Waals surface area contributed by atoms with Crippen LogP contribution in [0.5, 0.6) is 0 Å². The van der Waals surface area contributed by atoms with Crippen molar-refractivity contribution in [2.75, 3.05) is 0 Å². The molecule has 1 aliphatic rings. The minimum atomic E-state index is -0.354. The molecule has 9 rings (SSSR count). The van der Waals surface area contributed by atoms with Crippen LogP contribution in [0.4, 0.5) is 0 Å². The largest absolute Gasteiger partial charge is 0.422 e. The molecule has 0 unspecified atom stereocenters. The molecular formula is C43H30O4. The number of hydrogen-bond acceptors (Lipinski definition) is 4. The zero-order valence-corrected chi connectivity index (χ0v) is 26.5. The third-order valence-electron chi connectivity index (χ3n) is 10.3. The van der Waals surface area contributed by atoms with Crippen molar-refractivity contribution in [3.8, 4) is 33.4 Å². The molecule has 0 N–H and O–H groups in total. The summed E-state index contributed by atoms with van der Waals surface area (Å²) in [5.74, 6) is 0. The van der Waals surface area contributed by atoms with Crippen LogP contribution in [0.3, 0.4) is 0 Å². The van der Waals surface area contributed by atoms with Crippen molar-refractivity contribution in [1.29, 1.82) is 0 Å². The molecule has 0 saturated heterocycles. The van der Waals surface area contributed by atoms with Crippen LogP contribution in [-0.4, -0.2) is 0 Å². The summed E-state index contributed by atoms with van der Waals surface area (Å²) in [7, 11) is 0. The molecule has 0 aliphatic heterocycles. The van der Waals surface area contributed by atoms with Gasteiger partial charge in [-0.25, -0.2) is 9.59 Å². The first-order chi connectivity index (χ1) is 22.7. The lowest BCUT2D eigenvalue weighted by molar-refractivity contribution is 0.562. The predicted molar refractivity (Wildman–Crippen MR) is 191 cm³/mol. The maximum atomic E-state index is 13.6. The van der Waals surface area contributed by atoms with E-state index >= 15 is 0 Å². The Morgan fingerprint density at radius 2 is 0.936 bits per heavy atom. The van der Waals surface area contributed by atoms with E-state index in [0.717, 1.165) is 65.7 Å². The molecule has 0 atom stereocenters. The van der Waals surface area contributed by atoms with Gasteiger partial charge in [0, 0.05) is 16.2 Å². The highest BCUT2D eigenvalue weighted by atomic mass is 16.4. The first kappa shape index (κ1) is 27.6. The van der Waals surface area contributed by atoms with Crippen LogP contribution in [0.1, 0.15) is 36.1 Å². The summed E-state index contributed by atoms with van der Waals surface area (Å²) in [5, 5.41) is 6.21. The summed E-state index contributed by atoms with van der Waals surface area (Å²) >= 11 is 0.